The van der Waals surface area contributed by atoms with E-state index >= 15 is 0 Å². The van der Waals surface area contributed by atoms with Gasteiger partial charge in [0, 0.05) is 24.8 Å². The first-order chi connectivity index (χ1) is 7.79. The quantitative estimate of drug-likeness (QED) is 0.835. The summed E-state index contributed by atoms with van der Waals surface area (Å²) in [5, 5.41) is 3.29. The van der Waals surface area contributed by atoms with Gasteiger partial charge in [-0.15, -0.1) is 0 Å². The smallest absolute Gasteiger partial charge is 0.134 e. The van der Waals surface area contributed by atoms with Crippen LogP contribution in [0.4, 0.5) is 0 Å². The Labute approximate surface area is 96.4 Å². The van der Waals surface area contributed by atoms with Gasteiger partial charge in [0.25, 0.3) is 0 Å². The lowest BCUT2D eigenvalue weighted by Gasteiger charge is -2.09. The molecule has 0 amide bonds. The summed E-state index contributed by atoms with van der Waals surface area (Å²) in [5.41, 5.74) is 2.13. The fourth-order valence-corrected chi connectivity index (χ4v) is 1.92. The lowest BCUT2D eigenvalue weighted by atomic mass is 10.1. The molecule has 1 unspecified atom stereocenters. The highest BCUT2D eigenvalue weighted by Crippen LogP contribution is 2.22. The molecule has 4 heteroatoms. The van der Waals surface area contributed by atoms with Gasteiger partial charge in [0.2, 0.25) is 0 Å². The average molecular weight is 221 g/mol. The predicted octanol–water partition coefficient (Wildman–Crippen LogP) is 1.40. The van der Waals surface area contributed by atoms with Crippen molar-refractivity contribution in [1.29, 1.82) is 0 Å². The number of aryl methyl sites for hydroxylation is 1. The molecule has 1 aliphatic heterocycles. The standard InChI is InChI=1S/C12H19N3O/c1-3-13-7-11-6-9(2)14-12(15-11)10-4-5-16-8-10/h6,10,13H,3-5,7-8H2,1-2H3. The predicted molar refractivity (Wildman–Crippen MR) is 62.3 cm³/mol. The van der Waals surface area contributed by atoms with E-state index in [1.165, 1.54) is 0 Å². The molecule has 0 bridgehead atoms. The van der Waals surface area contributed by atoms with Crippen molar-refractivity contribution in [3.63, 3.8) is 0 Å². The molecule has 1 aromatic rings. The first-order valence-electron chi connectivity index (χ1n) is 5.92. The monoisotopic (exact) mass is 221 g/mol. The first kappa shape index (κ1) is 11.5. The molecule has 2 rings (SSSR count). The van der Waals surface area contributed by atoms with Crippen molar-refractivity contribution in [1.82, 2.24) is 15.3 Å². The molecule has 16 heavy (non-hydrogen) atoms. The molecular weight excluding hydrogens is 202 g/mol. The summed E-state index contributed by atoms with van der Waals surface area (Å²) in [5.74, 6) is 1.34. The van der Waals surface area contributed by atoms with E-state index in [-0.39, 0.29) is 0 Å². The van der Waals surface area contributed by atoms with Gasteiger partial charge in [-0.1, -0.05) is 6.92 Å². The SMILES string of the molecule is CCNCc1cc(C)nc(C2CCOC2)n1. The summed E-state index contributed by atoms with van der Waals surface area (Å²) in [6, 6.07) is 2.04. The molecule has 1 atom stereocenters. The fraction of sp³-hybridized carbons (Fsp3) is 0.667. The molecular formula is C12H19N3O. The van der Waals surface area contributed by atoms with Crippen molar-refractivity contribution in [3.8, 4) is 0 Å². The van der Waals surface area contributed by atoms with Gasteiger partial charge in [0.05, 0.1) is 12.3 Å². The van der Waals surface area contributed by atoms with Crippen LogP contribution in [0.5, 0.6) is 0 Å². The van der Waals surface area contributed by atoms with Crippen molar-refractivity contribution < 1.29 is 4.74 Å². The number of hydrogen-bond donors (Lipinski definition) is 1. The fourth-order valence-electron chi connectivity index (χ4n) is 1.92. The third-order valence-corrected chi connectivity index (χ3v) is 2.78. The van der Waals surface area contributed by atoms with Crippen LogP contribution in [0.25, 0.3) is 0 Å². The Hall–Kier alpha value is -1.00. The van der Waals surface area contributed by atoms with Gasteiger partial charge in [-0.3, -0.25) is 0 Å². The maximum Gasteiger partial charge on any atom is 0.134 e. The largest absolute Gasteiger partial charge is 0.381 e. The second-order valence-electron chi connectivity index (χ2n) is 4.20. The minimum atomic E-state index is 0.389. The zero-order chi connectivity index (χ0) is 11.4. The van der Waals surface area contributed by atoms with E-state index < -0.39 is 0 Å². The molecule has 0 aliphatic carbocycles. The first-order valence-corrected chi connectivity index (χ1v) is 5.92. The van der Waals surface area contributed by atoms with Crippen LogP contribution in [-0.2, 0) is 11.3 Å². The third kappa shape index (κ3) is 2.77. The summed E-state index contributed by atoms with van der Waals surface area (Å²) < 4.78 is 5.38. The Balaban J connectivity index is 2.14. The molecule has 1 aromatic heterocycles. The second-order valence-corrected chi connectivity index (χ2v) is 4.20. The van der Waals surface area contributed by atoms with Gasteiger partial charge >= 0.3 is 0 Å². The van der Waals surface area contributed by atoms with E-state index in [1.807, 2.05) is 13.0 Å². The van der Waals surface area contributed by atoms with Crippen molar-refractivity contribution in [3.05, 3.63) is 23.3 Å². The van der Waals surface area contributed by atoms with E-state index in [1.54, 1.807) is 0 Å². The van der Waals surface area contributed by atoms with Crippen LogP contribution in [0.2, 0.25) is 0 Å². The van der Waals surface area contributed by atoms with Crippen molar-refractivity contribution in [2.45, 2.75) is 32.7 Å². The lowest BCUT2D eigenvalue weighted by molar-refractivity contribution is 0.193. The molecule has 0 spiro atoms. The van der Waals surface area contributed by atoms with Gasteiger partial charge in [-0.25, -0.2) is 9.97 Å². The number of hydrogen-bond acceptors (Lipinski definition) is 4. The maximum atomic E-state index is 5.38. The van der Waals surface area contributed by atoms with E-state index in [4.69, 9.17) is 4.74 Å². The number of nitrogens with one attached hydrogen (secondary N) is 1. The third-order valence-electron chi connectivity index (χ3n) is 2.78. The van der Waals surface area contributed by atoms with Gasteiger partial charge in [-0.05, 0) is 26.0 Å². The van der Waals surface area contributed by atoms with Gasteiger partial charge < -0.3 is 10.1 Å². The zero-order valence-corrected chi connectivity index (χ0v) is 9.99. The van der Waals surface area contributed by atoms with E-state index in [0.717, 1.165) is 49.9 Å². The van der Waals surface area contributed by atoms with Crippen LogP contribution in [0.15, 0.2) is 6.07 Å². The zero-order valence-electron chi connectivity index (χ0n) is 9.99. The second kappa shape index (κ2) is 5.37. The number of ether oxygens (including phenoxy) is 1. The molecule has 1 saturated heterocycles. The van der Waals surface area contributed by atoms with Crippen LogP contribution in [0, 0.1) is 6.92 Å². The van der Waals surface area contributed by atoms with Crippen LogP contribution in [0.1, 0.15) is 36.5 Å². The Bertz CT molecular complexity index is 348. The molecule has 88 valence electrons. The summed E-state index contributed by atoms with van der Waals surface area (Å²) in [6.07, 6.45) is 1.05. The minimum absolute atomic E-state index is 0.389. The highest BCUT2D eigenvalue weighted by molar-refractivity contribution is 5.12. The molecule has 0 radical (unpaired) electrons. The average Bonchev–Trinajstić information content (AvgIpc) is 2.79. The van der Waals surface area contributed by atoms with Gasteiger partial charge in [0.1, 0.15) is 5.82 Å². The molecule has 4 nitrogen and oxygen atoms in total. The Morgan fingerprint density at radius 3 is 3.06 bits per heavy atom. The Morgan fingerprint density at radius 1 is 1.50 bits per heavy atom. The molecule has 1 N–H and O–H groups in total. The van der Waals surface area contributed by atoms with Crippen LogP contribution < -0.4 is 5.32 Å². The van der Waals surface area contributed by atoms with Crippen molar-refractivity contribution >= 4 is 0 Å². The Kier molecular flexibility index (Phi) is 3.85. The summed E-state index contributed by atoms with van der Waals surface area (Å²) in [7, 11) is 0. The molecule has 2 heterocycles. The van der Waals surface area contributed by atoms with E-state index in [2.05, 4.69) is 22.2 Å². The highest BCUT2D eigenvalue weighted by Gasteiger charge is 2.20. The summed E-state index contributed by atoms with van der Waals surface area (Å²) >= 11 is 0. The molecule has 1 aliphatic rings. The van der Waals surface area contributed by atoms with Crippen molar-refractivity contribution in [2.75, 3.05) is 19.8 Å². The van der Waals surface area contributed by atoms with Gasteiger partial charge in [-0.2, -0.15) is 0 Å². The normalized spacial score (nSPS) is 20.2. The molecule has 1 fully saturated rings. The van der Waals surface area contributed by atoms with E-state index in [0.29, 0.717) is 5.92 Å². The maximum absolute atomic E-state index is 5.38. The number of rotatable bonds is 4. The summed E-state index contributed by atoms with van der Waals surface area (Å²) in [6.45, 7) is 7.51. The van der Waals surface area contributed by atoms with Crippen LogP contribution in [0.3, 0.4) is 0 Å². The lowest BCUT2D eigenvalue weighted by Crippen LogP contribution is -2.15. The van der Waals surface area contributed by atoms with E-state index in [9.17, 15) is 0 Å². The van der Waals surface area contributed by atoms with Crippen molar-refractivity contribution in [2.24, 2.45) is 0 Å². The van der Waals surface area contributed by atoms with Crippen LogP contribution >= 0.6 is 0 Å². The molecule has 0 aromatic carbocycles. The Morgan fingerprint density at radius 2 is 2.38 bits per heavy atom. The highest BCUT2D eigenvalue weighted by atomic mass is 16.5. The number of aromatic nitrogens is 2. The number of nitrogens with zero attached hydrogens (tertiary/aromatic N) is 2. The molecule has 0 saturated carbocycles. The van der Waals surface area contributed by atoms with Crippen LogP contribution in [-0.4, -0.2) is 29.7 Å². The minimum Gasteiger partial charge on any atom is -0.381 e. The van der Waals surface area contributed by atoms with Gasteiger partial charge in [0.15, 0.2) is 0 Å². The topological polar surface area (TPSA) is 47.0 Å². The summed E-state index contributed by atoms with van der Waals surface area (Å²) in [4.78, 5) is 9.10.